The van der Waals surface area contributed by atoms with Crippen LogP contribution in [0.1, 0.15) is 24.8 Å². The predicted molar refractivity (Wildman–Crippen MR) is 121 cm³/mol. The first-order valence-electron chi connectivity index (χ1n) is 11.3. The van der Waals surface area contributed by atoms with Gasteiger partial charge in [-0.25, -0.2) is 4.98 Å². The van der Waals surface area contributed by atoms with Gasteiger partial charge in [-0.2, -0.15) is 0 Å². The number of ether oxygens (including phenoxy) is 2. The van der Waals surface area contributed by atoms with Gasteiger partial charge in [-0.15, -0.1) is 11.3 Å². The summed E-state index contributed by atoms with van der Waals surface area (Å²) in [5, 5.41) is 6.39. The van der Waals surface area contributed by atoms with Crippen LogP contribution in [0.15, 0.2) is 29.8 Å². The Kier molecular flexibility index (Phi) is 6.27. The van der Waals surface area contributed by atoms with Crippen LogP contribution in [0.5, 0.6) is 11.5 Å². The summed E-state index contributed by atoms with van der Waals surface area (Å²) in [5.41, 5.74) is 1.17. The Morgan fingerprint density at radius 2 is 2.03 bits per heavy atom. The topological polar surface area (TPSA) is 66.9 Å². The van der Waals surface area contributed by atoms with Gasteiger partial charge in [0.25, 0.3) is 0 Å². The quantitative estimate of drug-likeness (QED) is 0.711. The number of likely N-dealkylation sites (tertiary alicyclic amines) is 1. The second-order valence-corrected chi connectivity index (χ2v) is 9.51. The van der Waals surface area contributed by atoms with E-state index in [-0.39, 0.29) is 17.9 Å². The Balaban J connectivity index is 1.24. The monoisotopic (exact) mass is 442 g/mol. The van der Waals surface area contributed by atoms with Crippen LogP contribution in [0.4, 0.5) is 5.13 Å². The molecule has 1 N–H and O–H groups in total. The number of hydrogen-bond donors (Lipinski definition) is 1. The van der Waals surface area contributed by atoms with Crippen LogP contribution in [0, 0.1) is 5.92 Å². The largest absolute Gasteiger partial charge is 0.486 e. The first-order chi connectivity index (χ1) is 15.2. The molecule has 3 aliphatic heterocycles. The fourth-order valence-corrected chi connectivity index (χ4v) is 5.46. The van der Waals surface area contributed by atoms with E-state index in [2.05, 4.69) is 32.2 Å². The van der Waals surface area contributed by atoms with Gasteiger partial charge in [0.15, 0.2) is 16.6 Å². The molecule has 7 nitrogen and oxygen atoms in total. The zero-order chi connectivity index (χ0) is 21.0. The molecule has 0 radical (unpaired) electrons. The van der Waals surface area contributed by atoms with Crippen molar-refractivity contribution in [3.63, 3.8) is 0 Å². The van der Waals surface area contributed by atoms with Crippen molar-refractivity contribution >= 4 is 22.4 Å². The molecular formula is C23H30N4O3S. The highest BCUT2D eigenvalue weighted by molar-refractivity contribution is 7.13. The number of aromatic nitrogens is 1. The Labute approximate surface area is 187 Å². The summed E-state index contributed by atoms with van der Waals surface area (Å²) in [4.78, 5) is 22.2. The van der Waals surface area contributed by atoms with Gasteiger partial charge in [-0.3, -0.25) is 4.79 Å². The Bertz CT molecular complexity index is 885. The molecule has 0 spiro atoms. The van der Waals surface area contributed by atoms with Crippen LogP contribution >= 0.6 is 11.3 Å². The number of amides is 1. The molecule has 0 unspecified atom stereocenters. The second kappa shape index (κ2) is 9.44. The number of anilines is 1. The number of benzene rings is 1. The summed E-state index contributed by atoms with van der Waals surface area (Å²) in [6.45, 7) is 5.96. The molecule has 31 heavy (non-hydrogen) atoms. The van der Waals surface area contributed by atoms with Gasteiger partial charge in [0, 0.05) is 37.3 Å². The molecule has 3 aliphatic rings. The molecule has 0 saturated carbocycles. The smallest absolute Gasteiger partial charge is 0.225 e. The minimum absolute atomic E-state index is 0.0187. The summed E-state index contributed by atoms with van der Waals surface area (Å²) >= 11 is 1.64. The fourth-order valence-electron chi connectivity index (χ4n) is 4.78. The van der Waals surface area contributed by atoms with Gasteiger partial charge >= 0.3 is 0 Å². The lowest BCUT2D eigenvalue weighted by atomic mass is 10.0. The van der Waals surface area contributed by atoms with E-state index in [0.29, 0.717) is 13.2 Å². The Morgan fingerprint density at radius 1 is 1.19 bits per heavy atom. The van der Waals surface area contributed by atoms with E-state index in [4.69, 9.17) is 9.47 Å². The standard InChI is InChI=1S/C23H30N4O3S/c28-22(18-5-9-27(15-18)23-24-6-12-31-23)25-19(16-26-7-1-2-8-26)13-17-3-4-20-21(14-17)30-11-10-29-20/h3-4,6,12,14,18-19H,1-2,5,7-11,13,15-16H2,(H,25,28)/t18-,19-/m0/s1. The number of hydrogen-bond acceptors (Lipinski definition) is 7. The summed E-state index contributed by atoms with van der Waals surface area (Å²) in [6, 6.07) is 6.23. The third-order valence-corrected chi connectivity index (χ3v) is 7.19. The first-order valence-corrected chi connectivity index (χ1v) is 12.2. The van der Waals surface area contributed by atoms with E-state index in [0.717, 1.165) is 62.2 Å². The molecule has 8 heteroatoms. The van der Waals surface area contributed by atoms with Crippen molar-refractivity contribution in [3.05, 3.63) is 35.3 Å². The highest BCUT2D eigenvalue weighted by Crippen LogP contribution is 2.31. The van der Waals surface area contributed by atoms with Crippen LogP contribution in [-0.2, 0) is 11.2 Å². The van der Waals surface area contributed by atoms with E-state index < -0.39 is 0 Å². The van der Waals surface area contributed by atoms with Gasteiger partial charge in [0.2, 0.25) is 5.91 Å². The summed E-state index contributed by atoms with van der Waals surface area (Å²) in [6.07, 6.45) is 5.99. The highest BCUT2D eigenvalue weighted by atomic mass is 32.1. The number of carbonyl (C=O) groups excluding carboxylic acids is 1. The molecule has 0 bridgehead atoms. The SMILES string of the molecule is O=C(N[C@@H](Cc1ccc2c(c1)OCCO2)CN1CCCC1)[C@H]1CCN(c2nccs2)C1. The van der Waals surface area contributed by atoms with Crippen molar-refractivity contribution in [2.24, 2.45) is 5.92 Å². The van der Waals surface area contributed by atoms with Gasteiger partial charge in [0.05, 0.1) is 5.92 Å². The summed E-state index contributed by atoms with van der Waals surface area (Å²) in [7, 11) is 0. The lowest BCUT2D eigenvalue weighted by molar-refractivity contribution is -0.125. The lowest BCUT2D eigenvalue weighted by Gasteiger charge is -2.26. The van der Waals surface area contributed by atoms with E-state index in [1.807, 2.05) is 17.6 Å². The van der Waals surface area contributed by atoms with Crippen LogP contribution in [0.2, 0.25) is 0 Å². The van der Waals surface area contributed by atoms with E-state index in [1.54, 1.807) is 11.3 Å². The molecule has 1 aromatic carbocycles. The molecule has 2 fully saturated rings. The zero-order valence-corrected chi connectivity index (χ0v) is 18.6. The molecule has 4 heterocycles. The predicted octanol–water partition coefficient (Wildman–Crippen LogP) is 2.56. The van der Waals surface area contributed by atoms with Crippen molar-refractivity contribution in [2.75, 3.05) is 50.8 Å². The number of nitrogens with zero attached hydrogens (tertiary/aromatic N) is 3. The van der Waals surface area contributed by atoms with Crippen molar-refractivity contribution in [1.29, 1.82) is 0 Å². The molecule has 2 aromatic rings. The van der Waals surface area contributed by atoms with Crippen molar-refractivity contribution in [2.45, 2.75) is 31.7 Å². The zero-order valence-electron chi connectivity index (χ0n) is 17.8. The van der Waals surface area contributed by atoms with Crippen molar-refractivity contribution in [3.8, 4) is 11.5 Å². The minimum atomic E-state index is 0.0187. The second-order valence-electron chi connectivity index (χ2n) is 8.64. The molecule has 2 atom stereocenters. The number of rotatable bonds is 7. The molecule has 0 aliphatic carbocycles. The average molecular weight is 443 g/mol. The van der Waals surface area contributed by atoms with Crippen molar-refractivity contribution < 1.29 is 14.3 Å². The van der Waals surface area contributed by atoms with E-state index >= 15 is 0 Å². The van der Waals surface area contributed by atoms with Gasteiger partial charge in [-0.1, -0.05) is 6.07 Å². The molecular weight excluding hydrogens is 412 g/mol. The minimum Gasteiger partial charge on any atom is -0.486 e. The maximum Gasteiger partial charge on any atom is 0.225 e. The van der Waals surface area contributed by atoms with Crippen LogP contribution in [-0.4, -0.2) is 67.8 Å². The molecule has 2 saturated heterocycles. The molecule has 166 valence electrons. The summed E-state index contributed by atoms with van der Waals surface area (Å²) < 4.78 is 11.4. The van der Waals surface area contributed by atoms with Crippen LogP contribution in [0.25, 0.3) is 0 Å². The Hall–Kier alpha value is -2.32. The van der Waals surface area contributed by atoms with Crippen molar-refractivity contribution in [1.82, 2.24) is 15.2 Å². The number of carbonyl (C=O) groups is 1. The molecule has 5 rings (SSSR count). The van der Waals surface area contributed by atoms with Crippen LogP contribution < -0.4 is 19.7 Å². The summed E-state index contributed by atoms with van der Waals surface area (Å²) in [5.74, 6) is 1.80. The van der Waals surface area contributed by atoms with Gasteiger partial charge in [0.1, 0.15) is 13.2 Å². The third-order valence-electron chi connectivity index (χ3n) is 6.36. The first kappa shape index (κ1) is 20.6. The highest BCUT2D eigenvalue weighted by Gasteiger charge is 2.31. The molecule has 1 amide bonds. The fraction of sp³-hybridized carbons (Fsp3) is 0.565. The maximum atomic E-state index is 13.1. The van der Waals surface area contributed by atoms with E-state index in [9.17, 15) is 4.79 Å². The number of thiazole rings is 1. The average Bonchev–Trinajstić information content (AvgIpc) is 3.55. The normalized spacial score (nSPS) is 21.9. The maximum absolute atomic E-state index is 13.1. The lowest BCUT2D eigenvalue weighted by Crippen LogP contribution is -2.46. The van der Waals surface area contributed by atoms with E-state index in [1.165, 1.54) is 18.4 Å². The van der Waals surface area contributed by atoms with Crippen LogP contribution in [0.3, 0.4) is 0 Å². The van der Waals surface area contributed by atoms with Gasteiger partial charge in [-0.05, 0) is 56.5 Å². The number of fused-ring (bicyclic) bond motifs is 1. The number of nitrogens with one attached hydrogen (secondary N) is 1. The van der Waals surface area contributed by atoms with Gasteiger partial charge < -0.3 is 24.6 Å². The molecule has 1 aromatic heterocycles. The third kappa shape index (κ3) is 4.96. The Morgan fingerprint density at radius 3 is 2.84 bits per heavy atom.